The van der Waals surface area contributed by atoms with Gasteiger partial charge in [-0.15, -0.1) is 0 Å². The molecule has 0 atom stereocenters. The van der Waals surface area contributed by atoms with Crippen LogP contribution in [0.1, 0.15) is 15.9 Å². The number of phenols is 1. The van der Waals surface area contributed by atoms with Crippen LogP contribution in [0.2, 0.25) is 0 Å². The molecule has 2 rings (SSSR count). The average Bonchev–Trinajstić information content (AvgIpc) is 2.55. The number of benzene rings is 2. The summed E-state index contributed by atoms with van der Waals surface area (Å²) in [7, 11) is 0. The second-order valence-electron chi connectivity index (χ2n) is 4.51. The van der Waals surface area contributed by atoms with Gasteiger partial charge < -0.3 is 5.11 Å². The van der Waals surface area contributed by atoms with E-state index in [-0.39, 0.29) is 16.9 Å². The predicted molar refractivity (Wildman–Crippen MR) is 82.9 cm³/mol. The van der Waals surface area contributed by atoms with E-state index in [0.29, 0.717) is 5.56 Å². The van der Waals surface area contributed by atoms with Gasteiger partial charge in [-0.05, 0) is 6.07 Å². The monoisotopic (exact) mass is 330 g/mol. The lowest BCUT2D eigenvalue weighted by atomic mass is 10.1. The summed E-state index contributed by atoms with van der Waals surface area (Å²) in [5.41, 5.74) is 1.63. The molecule has 0 bridgehead atoms. The highest BCUT2D eigenvalue weighted by atomic mass is 16.6. The van der Waals surface area contributed by atoms with Crippen LogP contribution in [0.25, 0.3) is 0 Å². The third kappa shape index (κ3) is 3.88. The Bertz CT molecular complexity index is 849. The predicted octanol–water partition coefficient (Wildman–Crippen LogP) is 1.97. The number of rotatable bonds is 5. The number of aromatic hydroxyl groups is 1. The summed E-state index contributed by atoms with van der Waals surface area (Å²) < 4.78 is 0. The standard InChI is InChI=1S/C14H10N4O6/c19-13-5-4-11(18(23)24)7-12(13)14(20)16-15-8-9-2-1-3-10(6-9)17(21)22/h1-8,19H,(H,16,20)/b15-8+. The fourth-order valence-corrected chi connectivity index (χ4v) is 1.76. The molecule has 0 unspecified atom stereocenters. The molecule has 2 aromatic carbocycles. The largest absolute Gasteiger partial charge is 0.507 e. The number of phenolic OH excluding ortho intramolecular Hbond substituents is 1. The molecule has 0 fully saturated rings. The van der Waals surface area contributed by atoms with E-state index in [1.54, 1.807) is 0 Å². The van der Waals surface area contributed by atoms with E-state index in [2.05, 4.69) is 10.5 Å². The summed E-state index contributed by atoms with van der Waals surface area (Å²) in [5, 5.41) is 34.5. The second kappa shape index (κ2) is 6.96. The molecule has 2 aromatic rings. The van der Waals surface area contributed by atoms with Crippen LogP contribution in [-0.2, 0) is 0 Å². The number of carbonyl (C=O) groups is 1. The highest BCUT2D eigenvalue weighted by Crippen LogP contribution is 2.22. The SMILES string of the molecule is O=C(N/N=C/c1cccc([N+](=O)[O-])c1)c1cc([N+](=O)[O-])ccc1O. The van der Waals surface area contributed by atoms with Gasteiger partial charge in [-0.2, -0.15) is 5.10 Å². The minimum absolute atomic E-state index is 0.137. The summed E-state index contributed by atoms with van der Waals surface area (Å²) in [6.07, 6.45) is 1.17. The van der Waals surface area contributed by atoms with E-state index in [4.69, 9.17) is 0 Å². The first-order chi connectivity index (χ1) is 11.4. The van der Waals surface area contributed by atoms with E-state index in [0.717, 1.165) is 18.2 Å². The van der Waals surface area contributed by atoms with Gasteiger partial charge in [0.05, 0.1) is 21.6 Å². The third-order valence-electron chi connectivity index (χ3n) is 2.90. The molecule has 0 spiro atoms. The average molecular weight is 330 g/mol. The number of amides is 1. The number of hydrogen-bond acceptors (Lipinski definition) is 7. The number of nitro groups is 2. The second-order valence-corrected chi connectivity index (χ2v) is 4.51. The smallest absolute Gasteiger partial charge is 0.275 e. The van der Waals surface area contributed by atoms with E-state index in [1.807, 2.05) is 0 Å². The summed E-state index contributed by atoms with van der Waals surface area (Å²) >= 11 is 0. The number of nitrogens with one attached hydrogen (secondary N) is 1. The molecular formula is C14H10N4O6. The minimum Gasteiger partial charge on any atom is -0.507 e. The summed E-state index contributed by atoms with van der Waals surface area (Å²) in [4.78, 5) is 31.9. The molecule has 0 saturated heterocycles. The fraction of sp³-hybridized carbons (Fsp3) is 0. The zero-order valence-electron chi connectivity index (χ0n) is 11.9. The lowest BCUT2D eigenvalue weighted by molar-refractivity contribution is -0.385. The van der Waals surface area contributed by atoms with Crippen molar-refractivity contribution in [1.29, 1.82) is 0 Å². The number of nitrogens with zero attached hydrogens (tertiary/aromatic N) is 3. The molecule has 0 aliphatic rings. The molecular weight excluding hydrogens is 320 g/mol. The number of hydrogen-bond donors (Lipinski definition) is 2. The van der Waals surface area contributed by atoms with Gasteiger partial charge in [-0.1, -0.05) is 12.1 Å². The van der Waals surface area contributed by atoms with Gasteiger partial charge in [0.25, 0.3) is 17.3 Å². The van der Waals surface area contributed by atoms with Crippen molar-refractivity contribution in [1.82, 2.24) is 5.43 Å². The maximum Gasteiger partial charge on any atom is 0.275 e. The van der Waals surface area contributed by atoms with E-state index in [9.17, 15) is 30.1 Å². The van der Waals surface area contributed by atoms with Crippen molar-refractivity contribution >= 4 is 23.5 Å². The Morgan fingerprint density at radius 2 is 1.75 bits per heavy atom. The van der Waals surface area contributed by atoms with E-state index in [1.165, 1.54) is 30.5 Å². The quantitative estimate of drug-likeness (QED) is 0.486. The van der Waals surface area contributed by atoms with Crippen LogP contribution < -0.4 is 5.43 Å². The zero-order valence-corrected chi connectivity index (χ0v) is 11.9. The fourth-order valence-electron chi connectivity index (χ4n) is 1.76. The summed E-state index contributed by atoms with van der Waals surface area (Å²) in [6, 6.07) is 8.53. The Balaban J connectivity index is 2.13. The number of non-ortho nitro benzene ring substituents is 2. The first kappa shape index (κ1) is 16.5. The van der Waals surface area contributed by atoms with Crippen molar-refractivity contribution in [3.8, 4) is 5.75 Å². The van der Waals surface area contributed by atoms with Crippen molar-refractivity contribution in [2.45, 2.75) is 0 Å². The van der Waals surface area contributed by atoms with Crippen LogP contribution in [0.5, 0.6) is 5.75 Å². The molecule has 0 radical (unpaired) electrons. The van der Waals surface area contributed by atoms with Gasteiger partial charge in [0.2, 0.25) is 0 Å². The lowest BCUT2D eigenvalue weighted by Crippen LogP contribution is -2.18. The maximum absolute atomic E-state index is 11.9. The van der Waals surface area contributed by atoms with Crippen LogP contribution in [0.3, 0.4) is 0 Å². The van der Waals surface area contributed by atoms with E-state index < -0.39 is 21.5 Å². The lowest BCUT2D eigenvalue weighted by Gasteiger charge is -2.02. The maximum atomic E-state index is 11.9. The van der Waals surface area contributed by atoms with Gasteiger partial charge >= 0.3 is 0 Å². The molecule has 2 N–H and O–H groups in total. The summed E-state index contributed by atoms with van der Waals surface area (Å²) in [5.74, 6) is -1.30. The molecule has 10 heteroatoms. The number of nitro benzene ring substituents is 2. The normalized spacial score (nSPS) is 10.5. The molecule has 0 aliphatic carbocycles. The van der Waals surface area contributed by atoms with Gasteiger partial charge in [-0.25, -0.2) is 5.43 Å². The van der Waals surface area contributed by atoms with Crippen LogP contribution in [0, 0.1) is 20.2 Å². The first-order valence-electron chi connectivity index (χ1n) is 6.44. The van der Waals surface area contributed by atoms with Crippen LogP contribution in [0.4, 0.5) is 11.4 Å². The number of hydrazone groups is 1. The number of carbonyl (C=O) groups excluding carboxylic acids is 1. The molecule has 0 aliphatic heterocycles. The Kier molecular flexibility index (Phi) is 4.80. The molecule has 0 heterocycles. The Morgan fingerprint density at radius 1 is 1.08 bits per heavy atom. The Hall–Kier alpha value is -3.82. The Morgan fingerprint density at radius 3 is 2.42 bits per heavy atom. The molecule has 0 saturated carbocycles. The highest BCUT2D eigenvalue weighted by Gasteiger charge is 2.16. The van der Waals surface area contributed by atoms with Crippen molar-refractivity contribution in [2.75, 3.05) is 0 Å². The molecule has 0 aromatic heterocycles. The van der Waals surface area contributed by atoms with Crippen LogP contribution >= 0.6 is 0 Å². The Labute approximate surface area is 134 Å². The molecule has 1 amide bonds. The van der Waals surface area contributed by atoms with Crippen molar-refractivity contribution in [3.05, 3.63) is 73.8 Å². The van der Waals surface area contributed by atoms with Gasteiger partial charge in [0.15, 0.2) is 0 Å². The van der Waals surface area contributed by atoms with E-state index >= 15 is 0 Å². The third-order valence-corrected chi connectivity index (χ3v) is 2.90. The first-order valence-corrected chi connectivity index (χ1v) is 6.44. The van der Waals surface area contributed by atoms with Gasteiger partial charge in [-0.3, -0.25) is 25.0 Å². The zero-order chi connectivity index (χ0) is 17.7. The van der Waals surface area contributed by atoms with Crippen LogP contribution in [-0.4, -0.2) is 27.1 Å². The van der Waals surface area contributed by atoms with Crippen molar-refractivity contribution in [3.63, 3.8) is 0 Å². The van der Waals surface area contributed by atoms with Gasteiger partial charge in [0.1, 0.15) is 5.75 Å². The van der Waals surface area contributed by atoms with Crippen molar-refractivity contribution < 1.29 is 19.7 Å². The molecule has 24 heavy (non-hydrogen) atoms. The van der Waals surface area contributed by atoms with Gasteiger partial charge in [0, 0.05) is 29.8 Å². The molecule has 10 nitrogen and oxygen atoms in total. The topological polar surface area (TPSA) is 148 Å². The highest BCUT2D eigenvalue weighted by molar-refractivity contribution is 5.98. The molecule has 122 valence electrons. The van der Waals surface area contributed by atoms with Crippen LogP contribution in [0.15, 0.2) is 47.6 Å². The minimum atomic E-state index is -0.863. The summed E-state index contributed by atoms with van der Waals surface area (Å²) in [6.45, 7) is 0. The van der Waals surface area contributed by atoms with Crippen molar-refractivity contribution in [2.24, 2.45) is 5.10 Å².